The van der Waals surface area contributed by atoms with Crippen LogP contribution in [0.3, 0.4) is 0 Å². The Labute approximate surface area is 122 Å². The summed E-state index contributed by atoms with van der Waals surface area (Å²) >= 11 is 0. The second-order valence-electron chi connectivity index (χ2n) is 5.08. The first kappa shape index (κ1) is 13.2. The molecule has 106 valence electrons. The standard InChI is InChI=1S/C16H16N4O/c1-19(2)16(21)11-7-8-12(17)15(9-11)20-10-18-13-5-3-4-6-14(13)20/h3-10H,17H2,1-2H3. The third kappa shape index (κ3) is 2.23. The summed E-state index contributed by atoms with van der Waals surface area (Å²) in [6.07, 6.45) is 1.72. The van der Waals surface area contributed by atoms with Crippen LogP contribution in [-0.4, -0.2) is 34.5 Å². The van der Waals surface area contributed by atoms with Gasteiger partial charge in [0.1, 0.15) is 6.33 Å². The Morgan fingerprint density at radius 2 is 1.95 bits per heavy atom. The Morgan fingerprint density at radius 1 is 1.19 bits per heavy atom. The molecule has 0 aliphatic rings. The van der Waals surface area contributed by atoms with Crippen molar-refractivity contribution in [2.45, 2.75) is 0 Å². The average Bonchev–Trinajstić information content (AvgIpc) is 2.91. The summed E-state index contributed by atoms with van der Waals surface area (Å²) < 4.78 is 1.90. The molecule has 3 aromatic rings. The van der Waals surface area contributed by atoms with E-state index < -0.39 is 0 Å². The van der Waals surface area contributed by atoms with Gasteiger partial charge in [0.2, 0.25) is 0 Å². The zero-order valence-electron chi connectivity index (χ0n) is 11.9. The van der Waals surface area contributed by atoms with Crippen LogP contribution < -0.4 is 5.73 Å². The summed E-state index contributed by atoms with van der Waals surface area (Å²) in [6.45, 7) is 0. The highest BCUT2D eigenvalue weighted by Crippen LogP contribution is 2.24. The molecule has 0 bridgehead atoms. The number of hydrogen-bond donors (Lipinski definition) is 1. The number of amides is 1. The molecule has 0 saturated heterocycles. The monoisotopic (exact) mass is 280 g/mol. The smallest absolute Gasteiger partial charge is 0.253 e. The lowest BCUT2D eigenvalue weighted by Crippen LogP contribution is -2.21. The van der Waals surface area contributed by atoms with Gasteiger partial charge in [-0.05, 0) is 30.3 Å². The Hall–Kier alpha value is -2.82. The van der Waals surface area contributed by atoms with Crippen molar-refractivity contribution in [3.8, 4) is 5.69 Å². The lowest BCUT2D eigenvalue weighted by Gasteiger charge is -2.13. The zero-order chi connectivity index (χ0) is 15.0. The van der Waals surface area contributed by atoms with Crippen LogP contribution in [0.1, 0.15) is 10.4 Å². The van der Waals surface area contributed by atoms with Gasteiger partial charge in [-0.2, -0.15) is 0 Å². The van der Waals surface area contributed by atoms with Gasteiger partial charge in [-0.25, -0.2) is 4.98 Å². The predicted octanol–water partition coefficient (Wildman–Crippen LogP) is 2.31. The van der Waals surface area contributed by atoms with E-state index in [9.17, 15) is 4.79 Å². The van der Waals surface area contributed by atoms with E-state index in [-0.39, 0.29) is 5.91 Å². The molecule has 0 unspecified atom stereocenters. The maximum absolute atomic E-state index is 12.1. The van der Waals surface area contributed by atoms with E-state index in [1.807, 2.05) is 28.8 Å². The minimum Gasteiger partial charge on any atom is -0.397 e. The van der Waals surface area contributed by atoms with Gasteiger partial charge >= 0.3 is 0 Å². The molecule has 0 radical (unpaired) electrons. The van der Waals surface area contributed by atoms with Crippen molar-refractivity contribution in [2.24, 2.45) is 0 Å². The number of para-hydroxylation sites is 2. The zero-order valence-corrected chi connectivity index (χ0v) is 11.9. The lowest BCUT2D eigenvalue weighted by molar-refractivity contribution is 0.0827. The Balaban J connectivity index is 2.18. The third-order valence-electron chi connectivity index (χ3n) is 3.40. The fraction of sp³-hybridized carbons (Fsp3) is 0.125. The first-order valence-corrected chi connectivity index (χ1v) is 6.61. The molecule has 5 nitrogen and oxygen atoms in total. The van der Waals surface area contributed by atoms with Gasteiger partial charge in [-0.3, -0.25) is 9.36 Å². The van der Waals surface area contributed by atoms with Gasteiger partial charge in [0.05, 0.1) is 22.4 Å². The molecular weight excluding hydrogens is 264 g/mol. The number of anilines is 1. The second-order valence-corrected chi connectivity index (χ2v) is 5.08. The van der Waals surface area contributed by atoms with Gasteiger partial charge in [0, 0.05) is 19.7 Å². The quantitative estimate of drug-likeness (QED) is 0.733. The van der Waals surface area contributed by atoms with Gasteiger partial charge in [-0.1, -0.05) is 12.1 Å². The van der Waals surface area contributed by atoms with E-state index in [0.717, 1.165) is 16.7 Å². The van der Waals surface area contributed by atoms with Crippen molar-refractivity contribution in [1.29, 1.82) is 0 Å². The van der Waals surface area contributed by atoms with Gasteiger partial charge in [0.25, 0.3) is 5.91 Å². The molecule has 3 rings (SSSR count). The number of nitrogens with zero attached hydrogens (tertiary/aromatic N) is 3. The minimum atomic E-state index is -0.0549. The Kier molecular flexibility index (Phi) is 3.10. The summed E-state index contributed by atoms with van der Waals surface area (Å²) in [5, 5.41) is 0. The van der Waals surface area contributed by atoms with Crippen LogP contribution in [0.25, 0.3) is 16.7 Å². The molecule has 2 aromatic carbocycles. The maximum atomic E-state index is 12.1. The van der Waals surface area contributed by atoms with E-state index in [1.54, 1.807) is 43.5 Å². The van der Waals surface area contributed by atoms with Crippen molar-refractivity contribution in [3.05, 3.63) is 54.4 Å². The van der Waals surface area contributed by atoms with Crippen molar-refractivity contribution < 1.29 is 4.79 Å². The molecule has 0 atom stereocenters. The summed E-state index contributed by atoms with van der Waals surface area (Å²) in [6, 6.07) is 13.1. The number of fused-ring (bicyclic) bond motifs is 1. The lowest BCUT2D eigenvalue weighted by atomic mass is 10.1. The maximum Gasteiger partial charge on any atom is 0.253 e. The molecular formula is C16H16N4O. The van der Waals surface area contributed by atoms with Crippen LogP contribution >= 0.6 is 0 Å². The van der Waals surface area contributed by atoms with Gasteiger partial charge < -0.3 is 10.6 Å². The van der Waals surface area contributed by atoms with Crippen LogP contribution in [0.4, 0.5) is 5.69 Å². The van der Waals surface area contributed by atoms with E-state index in [2.05, 4.69) is 4.98 Å². The van der Waals surface area contributed by atoms with Crippen LogP contribution in [0.5, 0.6) is 0 Å². The predicted molar refractivity (Wildman–Crippen MR) is 83.5 cm³/mol. The van der Waals surface area contributed by atoms with Gasteiger partial charge in [0.15, 0.2) is 0 Å². The van der Waals surface area contributed by atoms with E-state index in [0.29, 0.717) is 11.3 Å². The van der Waals surface area contributed by atoms with Crippen molar-refractivity contribution in [2.75, 3.05) is 19.8 Å². The first-order valence-electron chi connectivity index (χ1n) is 6.61. The third-order valence-corrected chi connectivity index (χ3v) is 3.40. The molecule has 0 fully saturated rings. The number of carbonyl (C=O) groups is 1. The van der Waals surface area contributed by atoms with Crippen molar-refractivity contribution in [1.82, 2.24) is 14.5 Å². The van der Waals surface area contributed by atoms with Crippen LogP contribution in [0.2, 0.25) is 0 Å². The number of hydrogen-bond acceptors (Lipinski definition) is 3. The Bertz CT molecular complexity index is 820. The molecule has 0 spiro atoms. The second kappa shape index (κ2) is 4.94. The SMILES string of the molecule is CN(C)C(=O)c1ccc(N)c(-n2cnc3ccccc32)c1. The average molecular weight is 280 g/mol. The number of nitrogens with two attached hydrogens (primary N) is 1. The summed E-state index contributed by atoms with van der Waals surface area (Å²) in [4.78, 5) is 18.0. The molecule has 1 aromatic heterocycles. The molecule has 0 saturated carbocycles. The van der Waals surface area contributed by atoms with Crippen molar-refractivity contribution in [3.63, 3.8) is 0 Å². The molecule has 21 heavy (non-hydrogen) atoms. The number of benzene rings is 2. The van der Waals surface area contributed by atoms with E-state index in [4.69, 9.17) is 5.73 Å². The first-order chi connectivity index (χ1) is 10.1. The fourth-order valence-corrected chi connectivity index (χ4v) is 2.29. The van der Waals surface area contributed by atoms with Crippen molar-refractivity contribution >= 4 is 22.6 Å². The van der Waals surface area contributed by atoms with Crippen LogP contribution in [0.15, 0.2) is 48.8 Å². The molecule has 0 aliphatic heterocycles. The molecule has 1 heterocycles. The van der Waals surface area contributed by atoms with Crippen LogP contribution in [-0.2, 0) is 0 Å². The molecule has 5 heteroatoms. The largest absolute Gasteiger partial charge is 0.397 e. The van der Waals surface area contributed by atoms with E-state index in [1.165, 1.54) is 0 Å². The van der Waals surface area contributed by atoms with Crippen LogP contribution in [0, 0.1) is 0 Å². The molecule has 2 N–H and O–H groups in total. The fourth-order valence-electron chi connectivity index (χ4n) is 2.29. The number of carbonyl (C=O) groups excluding carboxylic acids is 1. The summed E-state index contributed by atoms with van der Waals surface area (Å²) in [7, 11) is 3.45. The number of rotatable bonds is 2. The summed E-state index contributed by atoms with van der Waals surface area (Å²) in [5.41, 5.74) is 9.89. The van der Waals surface area contributed by atoms with E-state index >= 15 is 0 Å². The normalized spacial score (nSPS) is 10.8. The highest BCUT2D eigenvalue weighted by Gasteiger charge is 2.12. The highest BCUT2D eigenvalue weighted by atomic mass is 16.2. The summed E-state index contributed by atoms with van der Waals surface area (Å²) in [5.74, 6) is -0.0549. The topological polar surface area (TPSA) is 64.2 Å². The number of nitrogen functional groups attached to an aromatic ring is 1. The molecule has 1 amide bonds. The minimum absolute atomic E-state index is 0.0549. The number of imidazole rings is 1. The number of aromatic nitrogens is 2. The molecule has 0 aliphatic carbocycles. The Morgan fingerprint density at radius 3 is 2.71 bits per heavy atom. The van der Waals surface area contributed by atoms with Gasteiger partial charge in [-0.15, -0.1) is 0 Å². The highest BCUT2D eigenvalue weighted by molar-refractivity contribution is 5.95.